The third-order valence-corrected chi connectivity index (χ3v) is 3.14. The standard InChI is InChI=1S/C13H12INO2/c14-10-4-6-11(7-5-10)15-8-9-2-1-3-12(16)13(9)17/h1-7,15-17H,8H2. The molecule has 0 bridgehead atoms. The summed E-state index contributed by atoms with van der Waals surface area (Å²) in [4.78, 5) is 0. The average Bonchev–Trinajstić information content (AvgIpc) is 2.33. The molecule has 0 amide bonds. The summed E-state index contributed by atoms with van der Waals surface area (Å²) in [6.45, 7) is 0.473. The van der Waals surface area contributed by atoms with Crippen LogP contribution in [-0.2, 0) is 6.54 Å². The van der Waals surface area contributed by atoms with E-state index in [1.807, 2.05) is 24.3 Å². The van der Waals surface area contributed by atoms with E-state index in [-0.39, 0.29) is 11.5 Å². The number of para-hydroxylation sites is 1. The summed E-state index contributed by atoms with van der Waals surface area (Å²) in [7, 11) is 0. The molecule has 17 heavy (non-hydrogen) atoms. The van der Waals surface area contributed by atoms with Crippen molar-refractivity contribution in [2.75, 3.05) is 5.32 Å². The molecule has 2 rings (SSSR count). The lowest BCUT2D eigenvalue weighted by atomic mass is 10.2. The minimum Gasteiger partial charge on any atom is -0.504 e. The Hall–Kier alpha value is -1.43. The van der Waals surface area contributed by atoms with E-state index in [4.69, 9.17) is 0 Å². The maximum Gasteiger partial charge on any atom is 0.162 e. The smallest absolute Gasteiger partial charge is 0.162 e. The van der Waals surface area contributed by atoms with Crippen molar-refractivity contribution in [3.05, 3.63) is 51.6 Å². The first-order chi connectivity index (χ1) is 8.16. The number of aromatic hydroxyl groups is 2. The molecule has 4 heteroatoms. The first-order valence-electron chi connectivity index (χ1n) is 5.16. The van der Waals surface area contributed by atoms with Crippen LogP contribution in [0.4, 0.5) is 5.69 Å². The normalized spacial score (nSPS) is 10.2. The largest absolute Gasteiger partial charge is 0.504 e. The zero-order chi connectivity index (χ0) is 12.3. The van der Waals surface area contributed by atoms with Crippen LogP contribution in [0.25, 0.3) is 0 Å². The summed E-state index contributed by atoms with van der Waals surface area (Å²) in [6.07, 6.45) is 0. The van der Waals surface area contributed by atoms with E-state index in [1.165, 1.54) is 9.64 Å². The number of rotatable bonds is 3. The van der Waals surface area contributed by atoms with Crippen molar-refractivity contribution in [1.29, 1.82) is 0 Å². The molecule has 3 N–H and O–H groups in total. The second-order valence-electron chi connectivity index (χ2n) is 3.65. The quantitative estimate of drug-likeness (QED) is 0.593. The lowest BCUT2D eigenvalue weighted by Crippen LogP contribution is -1.99. The van der Waals surface area contributed by atoms with Gasteiger partial charge in [-0.2, -0.15) is 0 Å². The van der Waals surface area contributed by atoms with E-state index in [2.05, 4.69) is 27.9 Å². The monoisotopic (exact) mass is 341 g/mol. The van der Waals surface area contributed by atoms with Gasteiger partial charge < -0.3 is 15.5 Å². The predicted octanol–water partition coefficient (Wildman–Crippen LogP) is 3.31. The molecule has 0 heterocycles. The summed E-state index contributed by atoms with van der Waals surface area (Å²) in [6, 6.07) is 12.9. The van der Waals surface area contributed by atoms with Crippen LogP contribution < -0.4 is 5.32 Å². The molecule has 0 saturated heterocycles. The highest BCUT2D eigenvalue weighted by atomic mass is 127. The van der Waals surface area contributed by atoms with Gasteiger partial charge in [-0.05, 0) is 52.9 Å². The van der Waals surface area contributed by atoms with Crippen LogP contribution in [0.3, 0.4) is 0 Å². The molecule has 0 spiro atoms. The van der Waals surface area contributed by atoms with E-state index < -0.39 is 0 Å². The maximum atomic E-state index is 9.63. The highest BCUT2D eigenvalue weighted by molar-refractivity contribution is 14.1. The van der Waals surface area contributed by atoms with Gasteiger partial charge in [0.2, 0.25) is 0 Å². The number of phenolic OH excluding ortho intramolecular Hbond substituents is 2. The van der Waals surface area contributed by atoms with Gasteiger partial charge in [-0.15, -0.1) is 0 Å². The number of benzene rings is 2. The molecule has 2 aromatic rings. The lowest BCUT2D eigenvalue weighted by molar-refractivity contribution is 0.400. The average molecular weight is 341 g/mol. The zero-order valence-electron chi connectivity index (χ0n) is 9.02. The van der Waals surface area contributed by atoms with Crippen molar-refractivity contribution in [3.8, 4) is 11.5 Å². The van der Waals surface area contributed by atoms with Crippen LogP contribution in [0.15, 0.2) is 42.5 Å². The SMILES string of the molecule is Oc1cccc(CNc2ccc(I)cc2)c1O. The molecule has 0 fully saturated rings. The molecule has 0 aliphatic carbocycles. The second-order valence-corrected chi connectivity index (χ2v) is 4.89. The Kier molecular flexibility index (Phi) is 3.73. The van der Waals surface area contributed by atoms with Gasteiger partial charge in [-0.1, -0.05) is 12.1 Å². The number of hydrogen-bond acceptors (Lipinski definition) is 3. The van der Waals surface area contributed by atoms with Crippen molar-refractivity contribution in [1.82, 2.24) is 0 Å². The van der Waals surface area contributed by atoms with Crippen LogP contribution in [0.1, 0.15) is 5.56 Å². The predicted molar refractivity (Wildman–Crippen MR) is 76.3 cm³/mol. The van der Waals surface area contributed by atoms with Crippen molar-refractivity contribution in [2.24, 2.45) is 0 Å². The highest BCUT2D eigenvalue weighted by Gasteiger charge is 2.04. The van der Waals surface area contributed by atoms with E-state index in [1.54, 1.807) is 12.1 Å². The van der Waals surface area contributed by atoms with Crippen LogP contribution in [0.5, 0.6) is 11.5 Å². The molecule has 0 radical (unpaired) electrons. The van der Waals surface area contributed by atoms with Gasteiger partial charge >= 0.3 is 0 Å². The molecule has 0 unspecified atom stereocenters. The summed E-state index contributed by atoms with van der Waals surface area (Å²) < 4.78 is 1.17. The fourth-order valence-corrected chi connectivity index (χ4v) is 1.85. The number of anilines is 1. The Morgan fingerprint density at radius 2 is 1.71 bits per heavy atom. The second kappa shape index (κ2) is 5.27. The lowest BCUT2D eigenvalue weighted by Gasteiger charge is -2.09. The van der Waals surface area contributed by atoms with Gasteiger partial charge in [0.05, 0.1) is 0 Å². The van der Waals surface area contributed by atoms with E-state index in [0.717, 1.165) is 5.69 Å². The Balaban J connectivity index is 2.07. The fraction of sp³-hybridized carbons (Fsp3) is 0.0769. The van der Waals surface area contributed by atoms with Crippen LogP contribution in [0, 0.1) is 3.57 Å². The molecule has 2 aromatic carbocycles. The molecular formula is C13H12INO2. The fourth-order valence-electron chi connectivity index (χ4n) is 1.49. The summed E-state index contributed by atoms with van der Waals surface area (Å²) >= 11 is 2.25. The van der Waals surface area contributed by atoms with Crippen molar-refractivity contribution >= 4 is 28.3 Å². The number of halogens is 1. The van der Waals surface area contributed by atoms with Crippen LogP contribution in [0.2, 0.25) is 0 Å². The van der Waals surface area contributed by atoms with E-state index in [9.17, 15) is 10.2 Å². The topological polar surface area (TPSA) is 52.5 Å². The molecule has 0 aliphatic rings. The minimum absolute atomic E-state index is 0.0643. The van der Waals surface area contributed by atoms with Gasteiger partial charge in [-0.3, -0.25) is 0 Å². The Labute approximate surface area is 113 Å². The van der Waals surface area contributed by atoms with E-state index >= 15 is 0 Å². The first kappa shape index (κ1) is 12.0. The molecule has 0 aliphatic heterocycles. The van der Waals surface area contributed by atoms with Gasteiger partial charge in [0.25, 0.3) is 0 Å². The van der Waals surface area contributed by atoms with Gasteiger partial charge in [-0.25, -0.2) is 0 Å². The van der Waals surface area contributed by atoms with E-state index in [0.29, 0.717) is 12.1 Å². The van der Waals surface area contributed by atoms with Crippen LogP contribution in [-0.4, -0.2) is 10.2 Å². The minimum atomic E-state index is -0.0908. The third kappa shape index (κ3) is 3.03. The van der Waals surface area contributed by atoms with Gasteiger partial charge in [0.15, 0.2) is 11.5 Å². The molecular weight excluding hydrogens is 329 g/mol. The molecule has 88 valence electrons. The van der Waals surface area contributed by atoms with Crippen molar-refractivity contribution in [3.63, 3.8) is 0 Å². The Bertz CT molecular complexity index is 511. The molecule has 0 aromatic heterocycles. The van der Waals surface area contributed by atoms with Crippen molar-refractivity contribution < 1.29 is 10.2 Å². The molecule has 0 saturated carbocycles. The number of hydrogen-bond donors (Lipinski definition) is 3. The molecule has 0 atom stereocenters. The Morgan fingerprint density at radius 1 is 1.00 bits per heavy atom. The number of phenols is 2. The summed E-state index contributed by atoms with van der Waals surface area (Å²) in [5.41, 5.74) is 1.65. The zero-order valence-corrected chi connectivity index (χ0v) is 11.2. The highest BCUT2D eigenvalue weighted by Crippen LogP contribution is 2.28. The van der Waals surface area contributed by atoms with Gasteiger partial charge in [0, 0.05) is 21.4 Å². The summed E-state index contributed by atoms with van der Waals surface area (Å²) in [5, 5.41) is 22.2. The maximum absolute atomic E-state index is 9.63. The van der Waals surface area contributed by atoms with Gasteiger partial charge in [0.1, 0.15) is 0 Å². The molecule has 3 nitrogen and oxygen atoms in total. The van der Waals surface area contributed by atoms with Crippen molar-refractivity contribution in [2.45, 2.75) is 6.54 Å². The number of nitrogens with one attached hydrogen (secondary N) is 1. The first-order valence-corrected chi connectivity index (χ1v) is 6.24. The summed E-state index contributed by atoms with van der Waals surface area (Å²) in [5.74, 6) is -0.155. The Morgan fingerprint density at radius 3 is 2.41 bits per heavy atom. The van der Waals surface area contributed by atoms with Crippen LogP contribution >= 0.6 is 22.6 Å². The third-order valence-electron chi connectivity index (χ3n) is 2.43.